The fourth-order valence-corrected chi connectivity index (χ4v) is 1.52. The molecule has 0 aliphatic carbocycles. The molecule has 0 saturated carbocycles. The predicted molar refractivity (Wildman–Crippen MR) is 65.4 cm³/mol. The predicted octanol–water partition coefficient (Wildman–Crippen LogP) is 1.66. The molecule has 88 valence electrons. The van der Waals surface area contributed by atoms with E-state index in [0.717, 1.165) is 17.9 Å². The molecular formula is C12H18N2O2. The highest BCUT2D eigenvalue weighted by Crippen LogP contribution is 2.17. The van der Waals surface area contributed by atoms with Crippen molar-refractivity contribution in [3.63, 3.8) is 0 Å². The van der Waals surface area contributed by atoms with Crippen molar-refractivity contribution in [2.75, 3.05) is 30.8 Å². The number of nitrogen functional groups attached to an aromatic ring is 1. The Morgan fingerprint density at radius 1 is 1.50 bits per heavy atom. The number of esters is 1. The van der Waals surface area contributed by atoms with Crippen LogP contribution >= 0.6 is 0 Å². The summed E-state index contributed by atoms with van der Waals surface area (Å²) < 4.78 is 4.61. The van der Waals surface area contributed by atoms with Crippen LogP contribution in [-0.2, 0) is 9.53 Å². The van der Waals surface area contributed by atoms with Crippen LogP contribution in [0.25, 0.3) is 0 Å². The van der Waals surface area contributed by atoms with E-state index in [-0.39, 0.29) is 5.97 Å². The van der Waals surface area contributed by atoms with E-state index in [1.54, 1.807) is 0 Å². The number of ether oxygens (including phenoxy) is 1. The van der Waals surface area contributed by atoms with Gasteiger partial charge in [-0.05, 0) is 25.1 Å². The van der Waals surface area contributed by atoms with E-state index in [1.165, 1.54) is 7.11 Å². The molecule has 0 spiro atoms. The third-order valence-electron chi connectivity index (χ3n) is 2.43. The van der Waals surface area contributed by atoms with Gasteiger partial charge in [-0.1, -0.05) is 6.07 Å². The summed E-state index contributed by atoms with van der Waals surface area (Å²) in [5.74, 6) is -0.192. The van der Waals surface area contributed by atoms with Gasteiger partial charge in [0.2, 0.25) is 0 Å². The lowest BCUT2D eigenvalue weighted by Crippen LogP contribution is -2.26. The van der Waals surface area contributed by atoms with Gasteiger partial charge >= 0.3 is 5.97 Å². The second kappa shape index (κ2) is 6.00. The molecule has 1 aromatic rings. The Labute approximate surface area is 96.0 Å². The van der Waals surface area contributed by atoms with Crippen LogP contribution in [0.2, 0.25) is 0 Å². The van der Waals surface area contributed by atoms with E-state index in [0.29, 0.717) is 13.0 Å². The van der Waals surface area contributed by atoms with Gasteiger partial charge in [-0.2, -0.15) is 0 Å². The Kier molecular flexibility index (Phi) is 4.64. The van der Waals surface area contributed by atoms with E-state index in [9.17, 15) is 4.79 Å². The van der Waals surface area contributed by atoms with Crippen molar-refractivity contribution in [2.45, 2.75) is 13.3 Å². The maximum atomic E-state index is 11.1. The highest BCUT2D eigenvalue weighted by molar-refractivity contribution is 5.70. The number of hydrogen-bond acceptors (Lipinski definition) is 4. The Balaban J connectivity index is 2.64. The van der Waals surface area contributed by atoms with Gasteiger partial charge in [0.15, 0.2) is 0 Å². The van der Waals surface area contributed by atoms with E-state index in [4.69, 9.17) is 5.73 Å². The molecule has 0 saturated heterocycles. The molecule has 4 heteroatoms. The number of carbonyl (C=O) groups is 1. The van der Waals surface area contributed by atoms with Crippen LogP contribution in [0.1, 0.15) is 13.3 Å². The van der Waals surface area contributed by atoms with Crippen molar-refractivity contribution in [1.82, 2.24) is 0 Å². The molecule has 1 rings (SSSR count). The number of anilines is 2. The summed E-state index contributed by atoms with van der Waals surface area (Å²) in [6.45, 7) is 3.52. The first-order valence-electron chi connectivity index (χ1n) is 5.34. The van der Waals surface area contributed by atoms with Gasteiger partial charge in [-0.15, -0.1) is 0 Å². The summed E-state index contributed by atoms with van der Waals surface area (Å²) in [6.07, 6.45) is 0.388. The average Bonchev–Trinajstić information content (AvgIpc) is 2.29. The second-order valence-electron chi connectivity index (χ2n) is 3.50. The number of benzene rings is 1. The number of nitrogens with zero attached hydrogens (tertiary/aromatic N) is 1. The average molecular weight is 222 g/mol. The topological polar surface area (TPSA) is 55.6 Å². The minimum absolute atomic E-state index is 0.192. The Morgan fingerprint density at radius 2 is 2.25 bits per heavy atom. The quantitative estimate of drug-likeness (QED) is 0.608. The van der Waals surface area contributed by atoms with Crippen LogP contribution in [0.5, 0.6) is 0 Å². The normalized spacial score (nSPS) is 9.88. The molecule has 0 aliphatic rings. The number of carbonyl (C=O) groups excluding carboxylic acids is 1. The lowest BCUT2D eigenvalue weighted by atomic mass is 10.2. The van der Waals surface area contributed by atoms with Gasteiger partial charge in [0.1, 0.15) is 0 Å². The first-order chi connectivity index (χ1) is 7.67. The number of hydrogen-bond donors (Lipinski definition) is 1. The molecule has 1 aromatic carbocycles. The monoisotopic (exact) mass is 222 g/mol. The minimum atomic E-state index is -0.192. The Bertz CT molecular complexity index is 353. The summed E-state index contributed by atoms with van der Waals surface area (Å²) >= 11 is 0. The standard InChI is InChI=1S/C12H18N2O2/c1-3-14(8-7-12(15)16-2)11-6-4-5-10(13)9-11/h4-6,9H,3,7-8,13H2,1-2H3. The van der Waals surface area contributed by atoms with Crippen LogP contribution in [0, 0.1) is 0 Å². The molecular weight excluding hydrogens is 204 g/mol. The maximum Gasteiger partial charge on any atom is 0.307 e. The molecule has 0 bridgehead atoms. The molecule has 0 atom stereocenters. The van der Waals surface area contributed by atoms with Crippen molar-refractivity contribution in [3.8, 4) is 0 Å². The van der Waals surface area contributed by atoms with Crippen molar-refractivity contribution in [3.05, 3.63) is 24.3 Å². The van der Waals surface area contributed by atoms with E-state index < -0.39 is 0 Å². The van der Waals surface area contributed by atoms with E-state index in [1.807, 2.05) is 31.2 Å². The molecule has 16 heavy (non-hydrogen) atoms. The molecule has 0 aliphatic heterocycles. The van der Waals surface area contributed by atoms with Gasteiger partial charge in [0.25, 0.3) is 0 Å². The van der Waals surface area contributed by atoms with Gasteiger partial charge in [-0.3, -0.25) is 4.79 Å². The molecule has 0 heterocycles. The third-order valence-corrected chi connectivity index (χ3v) is 2.43. The van der Waals surface area contributed by atoms with Gasteiger partial charge < -0.3 is 15.4 Å². The van der Waals surface area contributed by atoms with Gasteiger partial charge in [-0.25, -0.2) is 0 Å². The highest BCUT2D eigenvalue weighted by atomic mass is 16.5. The van der Waals surface area contributed by atoms with Crippen LogP contribution in [-0.4, -0.2) is 26.2 Å². The minimum Gasteiger partial charge on any atom is -0.469 e. The molecule has 0 fully saturated rings. The lowest BCUT2D eigenvalue weighted by Gasteiger charge is -2.22. The largest absolute Gasteiger partial charge is 0.469 e. The van der Waals surface area contributed by atoms with E-state index in [2.05, 4.69) is 9.64 Å². The zero-order valence-electron chi connectivity index (χ0n) is 9.77. The SMILES string of the molecule is CCN(CCC(=O)OC)c1cccc(N)c1. The first kappa shape index (κ1) is 12.4. The molecule has 0 aromatic heterocycles. The number of rotatable bonds is 5. The smallest absolute Gasteiger partial charge is 0.307 e. The second-order valence-corrected chi connectivity index (χ2v) is 3.50. The van der Waals surface area contributed by atoms with Crippen LogP contribution in [0.3, 0.4) is 0 Å². The zero-order valence-corrected chi connectivity index (χ0v) is 9.77. The number of nitrogens with two attached hydrogens (primary N) is 1. The van der Waals surface area contributed by atoms with Crippen molar-refractivity contribution < 1.29 is 9.53 Å². The highest BCUT2D eigenvalue weighted by Gasteiger charge is 2.07. The summed E-state index contributed by atoms with van der Waals surface area (Å²) in [4.78, 5) is 13.1. The van der Waals surface area contributed by atoms with Crippen molar-refractivity contribution in [2.24, 2.45) is 0 Å². The molecule has 0 unspecified atom stereocenters. The first-order valence-corrected chi connectivity index (χ1v) is 5.34. The summed E-state index contributed by atoms with van der Waals surface area (Å²) in [5, 5.41) is 0. The molecule has 4 nitrogen and oxygen atoms in total. The molecule has 0 radical (unpaired) electrons. The molecule has 0 amide bonds. The number of methoxy groups -OCH3 is 1. The summed E-state index contributed by atoms with van der Waals surface area (Å²) in [6, 6.07) is 7.64. The zero-order chi connectivity index (χ0) is 12.0. The lowest BCUT2D eigenvalue weighted by molar-refractivity contribution is -0.140. The third kappa shape index (κ3) is 3.46. The fourth-order valence-electron chi connectivity index (χ4n) is 1.52. The van der Waals surface area contributed by atoms with Gasteiger partial charge in [0, 0.05) is 24.5 Å². The summed E-state index contributed by atoms with van der Waals surface area (Å²) in [5.41, 5.74) is 7.48. The van der Waals surface area contributed by atoms with Crippen molar-refractivity contribution in [1.29, 1.82) is 0 Å². The maximum absolute atomic E-state index is 11.1. The summed E-state index contributed by atoms with van der Waals surface area (Å²) in [7, 11) is 1.40. The Morgan fingerprint density at radius 3 is 2.81 bits per heavy atom. The van der Waals surface area contributed by atoms with Crippen LogP contribution < -0.4 is 10.6 Å². The fraction of sp³-hybridized carbons (Fsp3) is 0.417. The Hall–Kier alpha value is -1.71. The van der Waals surface area contributed by atoms with Crippen LogP contribution in [0.15, 0.2) is 24.3 Å². The van der Waals surface area contributed by atoms with Crippen LogP contribution in [0.4, 0.5) is 11.4 Å². The van der Waals surface area contributed by atoms with Crippen molar-refractivity contribution >= 4 is 17.3 Å². The molecule has 2 N–H and O–H groups in total. The van der Waals surface area contributed by atoms with E-state index >= 15 is 0 Å². The van der Waals surface area contributed by atoms with Gasteiger partial charge in [0.05, 0.1) is 13.5 Å².